The van der Waals surface area contributed by atoms with Gasteiger partial charge in [0, 0.05) is 35.6 Å². The number of nitrogens with one attached hydrogen (secondary N) is 1. The Morgan fingerprint density at radius 3 is 2.28 bits per heavy atom. The molecule has 1 saturated heterocycles. The van der Waals surface area contributed by atoms with E-state index < -0.39 is 5.82 Å². The Morgan fingerprint density at radius 1 is 0.944 bits per heavy atom. The largest absolute Gasteiger partial charge is 0.365 e. The van der Waals surface area contributed by atoms with Crippen molar-refractivity contribution in [2.45, 2.75) is 32.4 Å². The standard InChI is InChI=1S/C27H24Cl3FN4O/c1-27(2,3)34-13-16(14-34)32-23-12-19(17-8-7-15(31)11-22(17)30)18-9-10-24(36)35(26(18)33-23)25-20(28)5-4-6-21(25)29/h4-12,16H,13-14H2,1-3H3,(H,32,33). The third-order valence-corrected chi connectivity index (χ3v) is 7.35. The number of halogens is 4. The number of likely N-dealkylation sites (tertiary alicyclic amines) is 1. The molecule has 0 spiro atoms. The van der Waals surface area contributed by atoms with Crippen LogP contribution in [0, 0.1) is 5.82 Å². The average molecular weight is 546 g/mol. The Kier molecular flexibility index (Phi) is 6.50. The van der Waals surface area contributed by atoms with E-state index in [1.807, 2.05) is 6.07 Å². The maximum atomic E-state index is 13.9. The third-order valence-electron chi connectivity index (χ3n) is 6.43. The summed E-state index contributed by atoms with van der Waals surface area (Å²) in [6.07, 6.45) is 0. The average Bonchev–Trinajstić information content (AvgIpc) is 2.76. The third kappa shape index (κ3) is 4.59. The van der Waals surface area contributed by atoms with Gasteiger partial charge in [-0.1, -0.05) is 40.9 Å². The molecule has 0 radical (unpaired) electrons. The van der Waals surface area contributed by atoms with E-state index in [0.29, 0.717) is 43.7 Å². The molecule has 0 aliphatic carbocycles. The van der Waals surface area contributed by atoms with Gasteiger partial charge in [0.15, 0.2) is 5.65 Å². The number of fused-ring (bicyclic) bond motifs is 1. The molecule has 1 fully saturated rings. The number of para-hydroxylation sites is 1. The van der Waals surface area contributed by atoms with Crippen molar-refractivity contribution in [3.05, 3.63) is 85.8 Å². The Morgan fingerprint density at radius 2 is 1.64 bits per heavy atom. The van der Waals surface area contributed by atoms with Crippen molar-refractivity contribution in [3.63, 3.8) is 0 Å². The number of nitrogens with zero attached hydrogens (tertiary/aromatic N) is 3. The van der Waals surface area contributed by atoms with Gasteiger partial charge in [-0.15, -0.1) is 0 Å². The van der Waals surface area contributed by atoms with Gasteiger partial charge in [0.2, 0.25) is 0 Å². The van der Waals surface area contributed by atoms with Crippen molar-refractivity contribution in [1.29, 1.82) is 0 Å². The first-order valence-electron chi connectivity index (χ1n) is 11.5. The van der Waals surface area contributed by atoms with Crippen LogP contribution in [0.25, 0.3) is 27.8 Å². The van der Waals surface area contributed by atoms with E-state index in [1.165, 1.54) is 22.8 Å². The number of anilines is 1. The molecule has 4 aromatic rings. The van der Waals surface area contributed by atoms with Gasteiger partial charge in [-0.25, -0.2) is 9.37 Å². The second kappa shape index (κ2) is 9.34. The van der Waals surface area contributed by atoms with Crippen molar-refractivity contribution in [3.8, 4) is 16.8 Å². The highest BCUT2D eigenvalue weighted by Crippen LogP contribution is 2.37. The van der Waals surface area contributed by atoms with Crippen molar-refractivity contribution in [2.24, 2.45) is 0 Å². The Balaban J connectivity index is 1.73. The van der Waals surface area contributed by atoms with E-state index in [4.69, 9.17) is 39.8 Å². The molecule has 3 heterocycles. The molecule has 0 bridgehead atoms. The van der Waals surface area contributed by atoms with Gasteiger partial charge in [0.25, 0.3) is 5.56 Å². The highest BCUT2D eigenvalue weighted by atomic mass is 35.5. The molecule has 9 heteroatoms. The first kappa shape index (κ1) is 25.0. The summed E-state index contributed by atoms with van der Waals surface area (Å²) in [7, 11) is 0. The number of benzene rings is 2. The van der Waals surface area contributed by atoms with Gasteiger partial charge < -0.3 is 5.32 Å². The first-order chi connectivity index (χ1) is 17.0. The zero-order valence-corrected chi connectivity index (χ0v) is 22.2. The summed E-state index contributed by atoms with van der Waals surface area (Å²) in [5, 5.41) is 5.03. The zero-order chi connectivity index (χ0) is 25.8. The summed E-state index contributed by atoms with van der Waals surface area (Å²) in [5.74, 6) is 0.135. The van der Waals surface area contributed by atoms with Crippen LogP contribution in [0.15, 0.2) is 59.4 Å². The number of rotatable bonds is 4. The fourth-order valence-corrected chi connectivity index (χ4v) is 5.30. The Bertz CT molecular complexity index is 1520. The van der Waals surface area contributed by atoms with Crippen LogP contribution in [0.4, 0.5) is 10.2 Å². The van der Waals surface area contributed by atoms with Crippen LogP contribution >= 0.6 is 34.8 Å². The van der Waals surface area contributed by atoms with Crippen molar-refractivity contribution in [2.75, 3.05) is 18.4 Å². The Hall–Kier alpha value is -2.64. The molecule has 1 aliphatic heterocycles. The van der Waals surface area contributed by atoms with Gasteiger partial charge >= 0.3 is 0 Å². The van der Waals surface area contributed by atoms with E-state index >= 15 is 0 Å². The number of hydrogen-bond donors (Lipinski definition) is 1. The van der Waals surface area contributed by atoms with E-state index in [2.05, 4.69) is 31.0 Å². The molecule has 0 saturated carbocycles. The van der Waals surface area contributed by atoms with Gasteiger partial charge in [-0.05, 0) is 68.8 Å². The lowest BCUT2D eigenvalue weighted by molar-refractivity contribution is 0.0566. The molecule has 0 atom stereocenters. The van der Waals surface area contributed by atoms with Crippen molar-refractivity contribution >= 4 is 51.7 Å². The van der Waals surface area contributed by atoms with Crippen LogP contribution in [-0.2, 0) is 0 Å². The minimum Gasteiger partial charge on any atom is -0.365 e. The highest BCUT2D eigenvalue weighted by Gasteiger charge is 2.34. The second-order valence-corrected chi connectivity index (χ2v) is 11.1. The Labute approximate surface area is 223 Å². The minimum atomic E-state index is -0.433. The minimum absolute atomic E-state index is 0.0725. The second-order valence-electron chi connectivity index (χ2n) is 9.91. The first-order valence-corrected chi connectivity index (χ1v) is 12.6. The summed E-state index contributed by atoms with van der Waals surface area (Å²) in [4.78, 5) is 20.4. The molecule has 0 unspecified atom stereocenters. The summed E-state index contributed by atoms with van der Waals surface area (Å²) < 4.78 is 15.3. The maximum Gasteiger partial charge on any atom is 0.256 e. The quantitative estimate of drug-likeness (QED) is 0.299. The number of aromatic nitrogens is 2. The van der Waals surface area contributed by atoms with Gasteiger partial charge in [0.1, 0.15) is 11.6 Å². The smallest absolute Gasteiger partial charge is 0.256 e. The fraction of sp³-hybridized carbons (Fsp3) is 0.259. The van der Waals surface area contributed by atoms with E-state index in [9.17, 15) is 9.18 Å². The molecule has 186 valence electrons. The lowest BCUT2D eigenvalue weighted by Crippen LogP contribution is -2.61. The van der Waals surface area contributed by atoms with E-state index in [0.717, 1.165) is 13.1 Å². The van der Waals surface area contributed by atoms with E-state index in [-0.39, 0.29) is 22.2 Å². The molecular weight excluding hydrogens is 522 g/mol. The molecule has 0 amide bonds. The highest BCUT2D eigenvalue weighted by molar-refractivity contribution is 6.38. The molecule has 2 aromatic carbocycles. The summed E-state index contributed by atoms with van der Waals surface area (Å²) in [6.45, 7) is 8.25. The van der Waals surface area contributed by atoms with Gasteiger partial charge in [-0.3, -0.25) is 14.3 Å². The van der Waals surface area contributed by atoms with Crippen molar-refractivity contribution < 1.29 is 4.39 Å². The lowest BCUT2D eigenvalue weighted by atomic mass is 9.97. The molecular formula is C27H24Cl3FN4O. The molecule has 1 N–H and O–H groups in total. The monoisotopic (exact) mass is 544 g/mol. The number of hydrogen-bond acceptors (Lipinski definition) is 4. The molecule has 5 rings (SSSR count). The van der Waals surface area contributed by atoms with Crippen LogP contribution in [0.2, 0.25) is 15.1 Å². The van der Waals surface area contributed by atoms with Crippen LogP contribution in [0.5, 0.6) is 0 Å². The van der Waals surface area contributed by atoms with Crippen LogP contribution in [0.3, 0.4) is 0 Å². The fourth-order valence-electron chi connectivity index (χ4n) is 4.46. The topological polar surface area (TPSA) is 50.2 Å². The van der Waals surface area contributed by atoms with Gasteiger partial charge in [-0.2, -0.15) is 0 Å². The van der Waals surface area contributed by atoms with Crippen LogP contribution in [-0.4, -0.2) is 39.1 Å². The summed E-state index contributed by atoms with van der Waals surface area (Å²) in [6, 6.07) is 14.5. The van der Waals surface area contributed by atoms with Crippen LogP contribution < -0.4 is 10.9 Å². The predicted molar refractivity (Wildman–Crippen MR) is 147 cm³/mol. The molecule has 5 nitrogen and oxygen atoms in total. The van der Waals surface area contributed by atoms with E-state index in [1.54, 1.807) is 30.3 Å². The SMILES string of the molecule is CC(C)(C)N1CC(Nc2cc(-c3ccc(F)cc3Cl)c3ccc(=O)n(-c4c(Cl)cccc4Cl)c3n2)C1. The van der Waals surface area contributed by atoms with Crippen molar-refractivity contribution in [1.82, 2.24) is 14.5 Å². The summed E-state index contributed by atoms with van der Waals surface area (Å²) >= 11 is 19.5. The molecule has 36 heavy (non-hydrogen) atoms. The lowest BCUT2D eigenvalue weighted by Gasteiger charge is -2.48. The van der Waals surface area contributed by atoms with Crippen LogP contribution in [0.1, 0.15) is 20.8 Å². The predicted octanol–water partition coefficient (Wildman–Crippen LogP) is 7.05. The maximum absolute atomic E-state index is 13.9. The number of pyridine rings is 2. The summed E-state index contributed by atoms with van der Waals surface area (Å²) in [5.41, 5.74) is 1.78. The molecule has 1 aliphatic rings. The zero-order valence-electron chi connectivity index (χ0n) is 19.9. The molecule has 2 aromatic heterocycles. The van der Waals surface area contributed by atoms with Gasteiger partial charge in [0.05, 0.1) is 26.8 Å². The normalized spacial score (nSPS) is 14.8.